The Hall–Kier alpha value is -0.890. The molecule has 1 aromatic rings. The van der Waals surface area contributed by atoms with E-state index in [0.29, 0.717) is 12.1 Å². The highest BCUT2D eigenvalue weighted by Gasteiger charge is 2.28. The van der Waals surface area contributed by atoms with Crippen molar-refractivity contribution < 1.29 is 0 Å². The fourth-order valence-corrected chi connectivity index (χ4v) is 3.23. The largest absolute Gasteiger partial charge is 0.307 e. The van der Waals surface area contributed by atoms with Gasteiger partial charge in [-0.1, -0.05) is 26.7 Å². The van der Waals surface area contributed by atoms with Gasteiger partial charge in [-0.25, -0.2) is 0 Å². The lowest BCUT2D eigenvalue weighted by atomic mass is 9.77. The van der Waals surface area contributed by atoms with Crippen LogP contribution in [0, 0.1) is 11.8 Å². The van der Waals surface area contributed by atoms with Gasteiger partial charge in [0.05, 0.1) is 0 Å². The Morgan fingerprint density at radius 2 is 1.78 bits per heavy atom. The third-order valence-corrected chi connectivity index (χ3v) is 4.35. The fraction of sp³-hybridized carbons (Fsp3) is 0.688. The molecule has 100 valence electrons. The first-order valence-electron chi connectivity index (χ1n) is 7.34. The van der Waals surface area contributed by atoms with Crippen LogP contribution in [0.2, 0.25) is 0 Å². The summed E-state index contributed by atoms with van der Waals surface area (Å²) < 4.78 is 0. The van der Waals surface area contributed by atoms with Crippen molar-refractivity contribution in [1.82, 2.24) is 10.3 Å². The van der Waals surface area contributed by atoms with Crippen LogP contribution >= 0.6 is 0 Å². The van der Waals surface area contributed by atoms with Gasteiger partial charge in [0.1, 0.15) is 0 Å². The molecule has 2 rings (SSSR count). The summed E-state index contributed by atoms with van der Waals surface area (Å²) in [7, 11) is 0. The second-order valence-electron chi connectivity index (χ2n) is 5.97. The minimum atomic E-state index is 0.428. The van der Waals surface area contributed by atoms with Crippen molar-refractivity contribution in [3.05, 3.63) is 30.1 Å². The summed E-state index contributed by atoms with van der Waals surface area (Å²) >= 11 is 0. The second-order valence-corrected chi connectivity index (χ2v) is 5.97. The Labute approximate surface area is 111 Å². The van der Waals surface area contributed by atoms with Crippen LogP contribution in [0.4, 0.5) is 0 Å². The maximum absolute atomic E-state index is 4.09. The molecule has 0 spiro atoms. The average Bonchev–Trinajstić information content (AvgIpc) is 2.40. The predicted octanol–water partition coefficient (Wildman–Crippen LogP) is 3.95. The van der Waals surface area contributed by atoms with E-state index in [1.165, 1.54) is 31.2 Å². The van der Waals surface area contributed by atoms with Crippen LogP contribution in [0.5, 0.6) is 0 Å². The van der Waals surface area contributed by atoms with Crippen LogP contribution in [0.15, 0.2) is 24.5 Å². The molecule has 2 unspecified atom stereocenters. The molecule has 1 aliphatic carbocycles. The van der Waals surface area contributed by atoms with Crippen LogP contribution < -0.4 is 5.32 Å². The zero-order valence-electron chi connectivity index (χ0n) is 11.9. The molecule has 1 aromatic heterocycles. The topological polar surface area (TPSA) is 24.9 Å². The molecule has 0 aliphatic heterocycles. The van der Waals surface area contributed by atoms with Gasteiger partial charge in [0.15, 0.2) is 0 Å². The molecule has 1 fully saturated rings. The molecule has 18 heavy (non-hydrogen) atoms. The van der Waals surface area contributed by atoms with E-state index < -0.39 is 0 Å². The first-order valence-corrected chi connectivity index (χ1v) is 7.34. The Morgan fingerprint density at radius 3 is 2.44 bits per heavy atom. The van der Waals surface area contributed by atoms with Gasteiger partial charge in [0.2, 0.25) is 0 Å². The lowest BCUT2D eigenvalue weighted by molar-refractivity contribution is 0.195. The summed E-state index contributed by atoms with van der Waals surface area (Å²) in [6.45, 7) is 6.99. The van der Waals surface area contributed by atoms with Gasteiger partial charge in [-0.15, -0.1) is 0 Å². The molecule has 0 radical (unpaired) electrons. The normalized spacial score (nSPS) is 26.2. The zero-order valence-corrected chi connectivity index (χ0v) is 11.9. The number of nitrogens with zero attached hydrogens (tertiary/aromatic N) is 1. The van der Waals surface area contributed by atoms with E-state index in [1.807, 2.05) is 12.4 Å². The Bertz CT molecular complexity index is 347. The number of pyridine rings is 1. The van der Waals surface area contributed by atoms with Crippen molar-refractivity contribution in [3.8, 4) is 0 Å². The summed E-state index contributed by atoms with van der Waals surface area (Å²) in [4.78, 5) is 4.09. The molecular weight excluding hydrogens is 220 g/mol. The van der Waals surface area contributed by atoms with Crippen molar-refractivity contribution in [2.75, 3.05) is 0 Å². The molecule has 1 heterocycles. The SMILES string of the molecule is CC(C)C1CCCCC1N[C@@H](C)c1ccncc1. The van der Waals surface area contributed by atoms with Crippen LogP contribution in [-0.4, -0.2) is 11.0 Å². The number of nitrogens with one attached hydrogen (secondary N) is 1. The van der Waals surface area contributed by atoms with E-state index in [4.69, 9.17) is 0 Å². The number of hydrogen-bond donors (Lipinski definition) is 1. The van der Waals surface area contributed by atoms with Crippen LogP contribution in [0.25, 0.3) is 0 Å². The lowest BCUT2D eigenvalue weighted by Crippen LogP contribution is -2.42. The summed E-state index contributed by atoms with van der Waals surface area (Å²) in [5.41, 5.74) is 1.35. The molecule has 2 heteroatoms. The molecule has 2 nitrogen and oxygen atoms in total. The Balaban J connectivity index is 1.99. The average molecular weight is 246 g/mol. The van der Waals surface area contributed by atoms with E-state index in [1.54, 1.807) is 0 Å². The van der Waals surface area contributed by atoms with Gasteiger partial charge in [0, 0.05) is 24.5 Å². The first kappa shape index (κ1) is 13.5. The highest BCUT2D eigenvalue weighted by molar-refractivity contribution is 5.14. The smallest absolute Gasteiger partial charge is 0.0295 e. The van der Waals surface area contributed by atoms with E-state index in [0.717, 1.165) is 11.8 Å². The van der Waals surface area contributed by atoms with E-state index in [-0.39, 0.29) is 0 Å². The number of hydrogen-bond acceptors (Lipinski definition) is 2. The van der Waals surface area contributed by atoms with Gasteiger partial charge in [-0.2, -0.15) is 0 Å². The summed E-state index contributed by atoms with van der Waals surface area (Å²) in [5, 5.41) is 3.84. The summed E-state index contributed by atoms with van der Waals surface area (Å²) in [5.74, 6) is 1.62. The standard InChI is InChI=1S/C16H26N2/c1-12(2)15-6-4-5-7-16(15)18-13(3)14-8-10-17-11-9-14/h8-13,15-16,18H,4-7H2,1-3H3/t13-,15?,16?/m0/s1. The number of rotatable bonds is 4. The summed E-state index contributed by atoms with van der Waals surface area (Å²) in [6, 6.07) is 5.34. The molecule has 1 saturated carbocycles. The van der Waals surface area contributed by atoms with E-state index in [9.17, 15) is 0 Å². The van der Waals surface area contributed by atoms with Crippen LogP contribution in [-0.2, 0) is 0 Å². The molecule has 0 aromatic carbocycles. The van der Waals surface area contributed by atoms with Crippen molar-refractivity contribution >= 4 is 0 Å². The second kappa shape index (κ2) is 6.33. The van der Waals surface area contributed by atoms with E-state index >= 15 is 0 Å². The van der Waals surface area contributed by atoms with Gasteiger partial charge < -0.3 is 5.32 Å². The molecule has 0 saturated heterocycles. The molecule has 0 bridgehead atoms. The zero-order chi connectivity index (χ0) is 13.0. The van der Waals surface area contributed by atoms with Crippen molar-refractivity contribution in [3.63, 3.8) is 0 Å². The minimum Gasteiger partial charge on any atom is -0.307 e. The van der Waals surface area contributed by atoms with E-state index in [2.05, 4.69) is 43.2 Å². The fourth-order valence-electron chi connectivity index (χ4n) is 3.23. The van der Waals surface area contributed by atoms with Gasteiger partial charge >= 0.3 is 0 Å². The van der Waals surface area contributed by atoms with Crippen molar-refractivity contribution in [2.24, 2.45) is 11.8 Å². The lowest BCUT2D eigenvalue weighted by Gasteiger charge is -2.37. The Kier molecular flexibility index (Phi) is 4.76. The van der Waals surface area contributed by atoms with Crippen molar-refractivity contribution in [2.45, 2.75) is 58.5 Å². The first-order chi connectivity index (χ1) is 8.68. The maximum atomic E-state index is 4.09. The quantitative estimate of drug-likeness (QED) is 0.870. The number of aromatic nitrogens is 1. The van der Waals surface area contributed by atoms with Crippen molar-refractivity contribution in [1.29, 1.82) is 0 Å². The maximum Gasteiger partial charge on any atom is 0.0295 e. The van der Waals surface area contributed by atoms with Crippen LogP contribution in [0.1, 0.15) is 58.1 Å². The van der Waals surface area contributed by atoms with Crippen LogP contribution in [0.3, 0.4) is 0 Å². The highest BCUT2D eigenvalue weighted by atomic mass is 15.0. The van der Waals surface area contributed by atoms with Gasteiger partial charge in [0.25, 0.3) is 0 Å². The monoisotopic (exact) mass is 246 g/mol. The molecule has 3 atom stereocenters. The predicted molar refractivity (Wildman–Crippen MR) is 76.4 cm³/mol. The molecular formula is C16H26N2. The minimum absolute atomic E-state index is 0.428. The Morgan fingerprint density at radius 1 is 1.11 bits per heavy atom. The van der Waals surface area contributed by atoms with Gasteiger partial charge in [-0.05, 0) is 49.3 Å². The van der Waals surface area contributed by atoms with Gasteiger partial charge in [-0.3, -0.25) is 4.98 Å². The highest BCUT2D eigenvalue weighted by Crippen LogP contribution is 2.31. The third-order valence-electron chi connectivity index (χ3n) is 4.35. The summed E-state index contributed by atoms with van der Waals surface area (Å²) in [6.07, 6.45) is 9.27. The third kappa shape index (κ3) is 3.32. The molecule has 1 aliphatic rings. The molecule has 0 amide bonds. The molecule has 1 N–H and O–H groups in total.